The van der Waals surface area contributed by atoms with E-state index < -0.39 is 5.97 Å². The Morgan fingerprint density at radius 2 is 1.80 bits per heavy atom. The SMILES string of the molecule is CCC1CCN(C(=O)N2CCC(C(=O)O)CC2C)CC1. The number of likely N-dealkylation sites (tertiary alicyclic amines) is 2. The van der Waals surface area contributed by atoms with Crippen LogP contribution in [0, 0.1) is 11.8 Å². The lowest BCUT2D eigenvalue weighted by atomic mass is 9.91. The summed E-state index contributed by atoms with van der Waals surface area (Å²) in [5.41, 5.74) is 0. The van der Waals surface area contributed by atoms with Crippen molar-refractivity contribution < 1.29 is 14.7 Å². The third-order valence-corrected chi connectivity index (χ3v) is 4.93. The molecular formula is C15H26N2O3. The summed E-state index contributed by atoms with van der Waals surface area (Å²) < 4.78 is 0. The zero-order valence-electron chi connectivity index (χ0n) is 12.5. The normalized spacial score (nSPS) is 28.5. The van der Waals surface area contributed by atoms with Gasteiger partial charge in [0.05, 0.1) is 5.92 Å². The third-order valence-electron chi connectivity index (χ3n) is 4.93. The van der Waals surface area contributed by atoms with E-state index in [1.807, 2.05) is 16.7 Å². The van der Waals surface area contributed by atoms with E-state index in [1.165, 1.54) is 6.42 Å². The predicted molar refractivity (Wildman–Crippen MR) is 76.5 cm³/mol. The first-order chi connectivity index (χ1) is 9.52. The van der Waals surface area contributed by atoms with Crippen LogP contribution in [0.5, 0.6) is 0 Å². The van der Waals surface area contributed by atoms with Crippen molar-refractivity contribution >= 4 is 12.0 Å². The number of nitrogens with zero attached hydrogens (tertiary/aromatic N) is 2. The van der Waals surface area contributed by atoms with Gasteiger partial charge in [-0.1, -0.05) is 13.3 Å². The van der Waals surface area contributed by atoms with E-state index in [0.29, 0.717) is 19.4 Å². The van der Waals surface area contributed by atoms with Crippen molar-refractivity contribution in [3.05, 3.63) is 0 Å². The Morgan fingerprint density at radius 3 is 2.30 bits per heavy atom. The molecule has 0 aromatic carbocycles. The number of rotatable bonds is 2. The first-order valence-electron chi connectivity index (χ1n) is 7.81. The summed E-state index contributed by atoms with van der Waals surface area (Å²) in [5.74, 6) is -0.262. The number of hydrogen-bond acceptors (Lipinski definition) is 2. The van der Waals surface area contributed by atoms with Gasteiger partial charge < -0.3 is 14.9 Å². The number of carboxylic acids is 1. The molecule has 0 radical (unpaired) electrons. The minimum atomic E-state index is -0.729. The maximum absolute atomic E-state index is 12.5. The summed E-state index contributed by atoms with van der Waals surface area (Å²) in [6.07, 6.45) is 4.55. The maximum Gasteiger partial charge on any atom is 0.320 e. The number of carbonyl (C=O) groups is 2. The highest BCUT2D eigenvalue weighted by Gasteiger charge is 2.34. The summed E-state index contributed by atoms with van der Waals surface area (Å²) in [7, 11) is 0. The lowest BCUT2D eigenvalue weighted by Gasteiger charge is -2.41. The maximum atomic E-state index is 12.5. The third kappa shape index (κ3) is 3.25. The van der Waals surface area contributed by atoms with Crippen LogP contribution in [0.4, 0.5) is 4.79 Å². The molecule has 2 amide bonds. The molecule has 0 aromatic heterocycles. The summed E-state index contributed by atoms with van der Waals surface area (Å²) in [4.78, 5) is 27.4. The fraction of sp³-hybridized carbons (Fsp3) is 0.867. The van der Waals surface area contributed by atoms with Crippen molar-refractivity contribution in [2.75, 3.05) is 19.6 Å². The van der Waals surface area contributed by atoms with Gasteiger partial charge in [0, 0.05) is 25.7 Å². The molecule has 2 aliphatic heterocycles. The number of aliphatic carboxylic acids is 1. The molecule has 114 valence electrons. The van der Waals surface area contributed by atoms with Crippen LogP contribution in [-0.4, -0.2) is 52.6 Å². The van der Waals surface area contributed by atoms with Crippen molar-refractivity contribution in [2.24, 2.45) is 11.8 Å². The monoisotopic (exact) mass is 282 g/mol. The van der Waals surface area contributed by atoms with Gasteiger partial charge in [-0.2, -0.15) is 0 Å². The summed E-state index contributed by atoms with van der Waals surface area (Å²) in [5, 5.41) is 9.07. The number of urea groups is 1. The van der Waals surface area contributed by atoms with Crippen LogP contribution in [0.15, 0.2) is 0 Å². The van der Waals surface area contributed by atoms with Crippen LogP contribution in [0.1, 0.15) is 46.0 Å². The molecule has 0 spiro atoms. The highest BCUT2D eigenvalue weighted by molar-refractivity contribution is 5.76. The van der Waals surface area contributed by atoms with Crippen molar-refractivity contribution in [3.63, 3.8) is 0 Å². The topological polar surface area (TPSA) is 60.9 Å². The van der Waals surface area contributed by atoms with Crippen molar-refractivity contribution in [1.29, 1.82) is 0 Å². The van der Waals surface area contributed by atoms with Crippen LogP contribution in [0.25, 0.3) is 0 Å². The Balaban J connectivity index is 1.89. The lowest BCUT2D eigenvalue weighted by Crippen LogP contribution is -2.53. The average Bonchev–Trinajstić information content (AvgIpc) is 2.46. The molecule has 5 nitrogen and oxygen atoms in total. The molecule has 2 aliphatic rings. The summed E-state index contributed by atoms with van der Waals surface area (Å²) in [6.45, 7) is 6.45. The van der Waals surface area contributed by atoms with Crippen LogP contribution in [-0.2, 0) is 4.79 Å². The Hall–Kier alpha value is -1.26. The first-order valence-corrected chi connectivity index (χ1v) is 7.81. The quantitative estimate of drug-likeness (QED) is 0.846. The van der Waals surface area contributed by atoms with Gasteiger partial charge in [0.25, 0.3) is 0 Å². The Morgan fingerprint density at radius 1 is 1.15 bits per heavy atom. The minimum absolute atomic E-state index is 0.0289. The number of amides is 2. The second-order valence-electron chi connectivity index (χ2n) is 6.22. The van der Waals surface area contributed by atoms with E-state index in [0.717, 1.165) is 31.8 Å². The fourth-order valence-corrected chi connectivity index (χ4v) is 3.39. The van der Waals surface area contributed by atoms with Gasteiger partial charge in [0.15, 0.2) is 0 Å². The zero-order chi connectivity index (χ0) is 14.7. The van der Waals surface area contributed by atoms with E-state index in [-0.39, 0.29) is 18.0 Å². The van der Waals surface area contributed by atoms with Gasteiger partial charge in [-0.05, 0) is 38.5 Å². The van der Waals surface area contributed by atoms with E-state index in [1.54, 1.807) is 0 Å². The number of hydrogen-bond donors (Lipinski definition) is 1. The molecule has 0 aliphatic carbocycles. The number of carboxylic acid groups (broad SMARTS) is 1. The van der Waals surface area contributed by atoms with E-state index in [4.69, 9.17) is 5.11 Å². The molecule has 1 N–H and O–H groups in total. The zero-order valence-corrected chi connectivity index (χ0v) is 12.5. The van der Waals surface area contributed by atoms with Crippen molar-refractivity contribution in [3.8, 4) is 0 Å². The average molecular weight is 282 g/mol. The van der Waals surface area contributed by atoms with Gasteiger partial charge in [-0.25, -0.2) is 4.79 Å². The molecule has 0 bridgehead atoms. The lowest BCUT2D eigenvalue weighted by molar-refractivity contribution is -0.143. The number of carbonyl (C=O) groups excluding carboxylic acids is 1. The second kappa shape index (κ2) is 6.46. The van der Waals surface area contributed by atoms with Crippen molar-refractivity contribution in [1.82, 2.24) is 9.80 Å². The van der Waals surface area contributed by atoms with E-state index >= 15 is 0 Å². The largest absolute Gasteiger partial charge is 0.481 e. The van der Waals surface area contributed by atoms with Gasteiger partial charge in [-0.15, -0.1) is 0 Å². The fourth-order valence-electron chi connectivity index (χ4n) is 3.39. The standard InChI is InChI=1S/C15H26N2O3/c1-3-12-4-7-16(8-5-12)15(20)17-9-6-13(14(18)19)10-11(17)2/h11-13H,3-10H2,1-2H3,(H,18,19). The van der Waals surface area contributed by atoms with Gasteiger partial charge >= 0.3 is 12.0 Å². The molecule has 2 fully saturated rings. The van der Waals surface area contributed by atoms with E-state index in [2.05, 4.69) is 6.92 Å². The van der Waals surface area contributed by atoms with Crippen LogP contribution in [0.3, 0.4) is 0 Å². The predicted octanol–water partition coefficient (Wildman–Crippen LogP) is 2.41. The number of piperidine rings is 2. The first kappa shape index (κ1) is 15.1. The molecular weight excluding hydrogens is 256 g/mol. The Bertz CT molecular complexity index is 364. The molecule has 20 heavy (non-hydrogen) atoms. The molecule has 2 heterocycles. The molecule has 2 atom stereocenters. The molecule has 0 aromatic rings. The van der Waals surface area contributed by atoms with Crippen LogP contribution >= 0.6 is 0 Å². The second-order valence-corrected chi connectivity index (χ2v) is 6.22. The highest BCUT2D eigenvalue weighted by Crippen LogP contribution is 2.26. The smallest absolute Gasteiger partial charge is 0.320 e. The van der Waals surface area contributed by atoms with Gasteiger partial charge in [0.2, 0.25) is 0 Å². The van der Waals surface area contributed by atoms with Gasteiger partial charge in [0.1, 0.15) is 0 Å². The summed E-state index contributed by atoms with van der Waals surface area (Å²) in [6, 6.07) is 0.136. The molecule has 2 unspecified atom stereocenters. The molecule has 0 saturated carbocycles. The van der Waals surface area contributed by atoms with Crippen molar-refractivity contribution in [2.45, 2.75) is 52.0 Å². The minimum Gasteiger partial charge on any atom is -0.481 e. The van der Waals surface area contributed by atoms with Crippen LogP contribution in [0.2, 0.25) is 0 Å². The Kier molecular flexibility index (Phi) is 4.89. The Labute approximate surface area is 120 Å². The molecule has 2 rings (SSSR count). The highest BCUT2D eigenvalue weighted by atomic mass is 16.4. The molecule has 2 saturated heterocycles. The van der Waals surface area contributed by atoms with E-state index in [9.17, 15) is 9.59 Å². The molecule has 5 heteroatoms. The van der Waals surface area contributed by atoms with Crippen LogP contribution < -0.4 is 0 Å². The van der Waals surface area contributed by atoms with Gasteiger partial charge in [-0.3, -0.25) is 4.79 Å². The summed E-state index contributed by atoms with van der Waals surface area (Å²) >= 11 is 0.